The molecule has 1 amide bonds. The minimum absolute atomic E-state index is 0.00701. The van der Waals surface area contributed by atoms with Gasteiger partial charge in [0.15, 0.2) is 0 Å². The first-order valence-electron chi connectivity index (χ1n) is 8.89. The molecule has 27 heavy (non-hydrogen) atoms. The predicted octanol–water partition coefficient (Wildman–Crippen LogP) is 4.66. The lowest BCUT2D eigenvalue weighted by molar-refractivity contribution is -0.384. The Morgan fingerprint density at radius 3 is 2.78 bits per heavy atom. The summed E-state index contributed by atoms with van der Waals surface area (Å²) in [7, 11) is 0. The van der Waals surface area contributed by atoms with Crippen LogP contribution in [-0.4, -0.2) is 17.0 Å². The molecule has 0 saturated carbocycles. The smallest absolute Gasteiger partial charge is 0.270 e. The number of hydrogen-bond donors (Lipinski definition) is 1. The maximum Gasteiger partial charge on any atom is 0.270 e. The van der Waals surface area contributed by atoms with Gasteiger partial charge in [-0.3, -0.25) is 14.9 Å². The van der Waals surface area contributed by atoms with E-state index in [0.717, 1.165) is 24.8 Å². The Hall–Kier alpha value is -2.54. The number of non-ortho nitro benzene ring substituents is 1. The summed E-state index contributed by atoms with van der Waals surface area (Å²) in [6, 6.07) is 6.24. The molecule has 2 N–H and O–H groups in total. The first kappa shape index (κ1) is 19.2. The van der Waals surface area contributed by atoms with Gasteiger partial charge < -0.3 is 5.73 Å². The Morgan fingerprint density at radius 2 is 2.15 bits per heavy atom. The number of carbonyl (C=O) groups excluding carboxylic acids is 1. The molecule has 7 heteroatoms. The van der Waals surface area contributed by atoms with Crippen LogP contribution in [0.3, 0.4) is 0 Å². The van der Waals surface area contributed by atoms with Crippen molar-refractivity contribution < 1.29 is 9.72 Å². The van der Waals surface area contributed by atoms with Crippen molar-refractivity contribution in [1.82, 2.24) is 0 Å². The first-order chi connectivity index (χ1) is 12.7. The van der Waals surface area contributed by atoms with Gasteiger partial charge in [-0.2, -0.15) is 0 Å². The molecule has 1 aliphatic rings. The van der Waals surface area contributed by atoms with Crippen molar-refractivity contribution in [2.24, 2.45) is 22.1 Å². The van der Waals surface area contributed by atoms with Crippen LogP contribution in [0.1, 0.15) is 53.6 Å². The molecular weight excluding hydrogens is 362 g/mol. The predicted molar refractivity (Wildman–Crippen MR) is 108 cm³/mol. The number of rotatable bonds is 4. The molecule has 0 spiro atoms. The molecule has 1 aromatic heterocycles. The van der Waals surface area contributed by atoms with Crippen molar-refractivity contribution in [3.63, 3.8) is 0 Å². The van der Waals surface area contributed by atoms with E-state index in [4.69, 9.17) is 5.73 Å². The fourth-order valence-corrected chi connectivity index (χ4v) is 4.78. The van der Waals surface area contributed by atoms with Crippen LogP contribution in [0.4, 0.5) is 10.7 Å². The number of nitrogens with two attached hydrogens (primary N) is 1. The van der Waals surface area contributed by atoms with Crippen molar-refractivity contribution in [1.29, 1.82) is 0 Å². The number of nitro benzene ring substituents is 1. The summed E-state index contributed by atoms with van der Waals surface area (Å²) in [4.78, 5) is 28.2. The second-order valence-electron chi connectivity index (χ2n) is 7.96. The molecule has 0 saturated heterocycles. The first-order valence-corrected chi connectivity index (χ1v) is 9.71. The number of amides is 1. The van der Waals surface area contributed by atoms with Gasteiger partial charge in [0.25, 0.3) is 11.6 Å². The standard InChI is InChI=1S/C20H23N3O3S/c1-20(2,3)13-7-8-15-16(10-13)27-19(17(15)18(21)24)22-11-12-5-4-6-14(9-12)23(25)26/h4-6,9,11,13H,7-8,10H2,1-3H3,(H2,21,24). The summed E-state index contributed by atoms with van der Waals surface area (Å²) in [6.07, 6.45) is 4.34. The van der Waals surface area contributed by atoms with Crippen LogP contribution >= 0.6 is 11.3 Å². The van der Waals surface area contributed by atoms with Crippen LogP contribution in [0.15, 0.2) is 29.3 Å². The van der Waals surface area contributed by atoms with Gasteiger partial charge >= 0.3 is 0 Å². The van der Waals surface area contributed by atoms with Gasteiger partial charge in [0.1, 0.15) is 5.00 Å². The quantitative estimate of drug-likeness (QED) is 0.471. The molecule has 1 heterocycles. The number of carbonyl (C=O) groups is 1. The average molecular weight is 385 g/mol. The van der Waals surface area contributed by atoms with Gasteiger partial charge in [0.05, 0.1) is 10.5 Å². The Bertz CT molecular complexity index is 925. The molecule has 2 aromatic rings. The molecule has 6 nitrogen and oxygen atoms in total. The summed E-state index contributed by atoms with van der Waals surface area (Å²) in [5.41, 5.74) is 8.00. The third kappa shape index (κ3) is 4.08. The maximum atomic E-state index is 12.1. The number of primary amides is 1. The SMILES string of the molecule is CC(C)(C)C1CCc2c(sc(N=Cc3cccc([N+](=O)[O-])c3)c2C(N)=O)C1. The minimum atomic E-state index is -0.465. The van der Waals surface area contributed by atoms with Gasteiger partial charge in [0, 0.05) is 23.2 Å². The van der Waals surface area contributed by atoms with E-state index in [0.29, 0.717) is 22.0 Å². The van der Waals surface area contributed by atoms with E-state index < -0.39 is 10.8 Å². The highest BCUT2D eigenvalue weighted by atomic mass is 32.1. The Labute approximate surface area is 162 Å². The normalized spacial score (nSPS) is 17.1. The summed E-state index contributed by atoms with van der Waals surface area (Å²) in [6.45, 7) is 6.73. The van der Waals surface area contributed by atoms with Crippen LogP contribution in [-0.2, 0) is 12.8 Å². The lowest BCUT2D eigenvalue weighted by Crippen LogP contribution is -2.27. The van der Waals surface area contributed by atoms with Crippen molar-refractivity contribution in [2.75, 3.05) is 0 Å². The van der Waals surface area contributed by atoms with Gasteiger partial charge in [0.2, 0.25) is 0 Å². The molecule has 1 aromatic carbocycles. The van der Waals surface area contributed by atoms with Crippen LogP contribution < -0.4 is 5.73 Å². The van der Waals surface area contributed by atoms with E-state index in [1.165, 1.54) is 28.3 Å². The molecule has 1 aliphatic carbocycles. The topological polar surface area (TPSA) is 98.6 Å². The number of aliphatic imine (C=N–C) groups is 1. The summed E-state index contributed by atoms with van der Waals surface area (Å²) in [5, 5.41) is 11.5. The van der Waals surface area contributed by atoms with Crippen molar-refractivity contribution in [2.45, 2.75) is 40.0 Å². The van der Waals surface area contributed by atoms with Crippen LogP contribution in [0.25, 0.3) is 0 Å². The molecule has 1 atom stereocenters. The van der Waals surface area contributed by atoms with Crippen LogP contribution in [0, 0.1) is 21.4 Å². The molecule has 0 fully saturated rings. The zero-order valence-corrected chi connectivity index (χ0v) is 16.5. The highest BCUT2D eigenvalue weighted by Crippen LogP contribution is 2.45. The summed E-state index contributed by atoms with van der Waals surface area (Å²) in [5.74, 6) is 0.0888. The minimum Gasteiger partial charge on any atom is -0.365 e. The molecule has 1 unspecified atom stereocenters. The number of fused-ring (bicyclic) bond motifs is 1. The Balaban J connectivity index is 1.95. The molecule has 0 bridgehead atoms. The van der Waals surface area contributed by atoms with E-state index in [9.17, 15) is 14.9 Å². The van der Waals surface area contributed by atoms with Gasteiger partial charge in [-0.1, -0.05) is 32.9 Å². The van der Waals surface area contributed by atoms with E-state index in [1.807, 2.05) is 0 Å². The zero-order chi connectivity index (χ0) is 19.8. The Kier molecular flexibility index (Phi) is 5.15. The zero-order valence-electron chi connectivity index (χ0n) is 15.7. The third-order valence-electron chi connectivity index (χ3n) is 5.13. The Morgan fingerprint density at radius 1 is 1.41 bits per heavy atom. The highest BCUT2D eigenvalue weighted by Gasteiger charge is 2.33. The van der Waals surface area contributed by atoms with E-state index in [-0.39, 0.29) is 11.1 Å². The lowest BCUT2D eigenvalue weighted by Gasteiger charge is -2.33. The monoisotopic (exact) mass is 385 g/mol. The lowest BCUT2D eigenvalue weighted by atomic mass is 9.72. The molecule has 3 rings (SSSR count). The van der Waals surface area contributed by atoms with Gasteiger partial charge in [-0.25, -0.2) is 4.99 Å². The highest BCUT2D eigenvalue weighted by molar-refractivity contribution is 7.16. The largest absolute Gasteiger partial charge is 0.365 e. The number of thiophene rings is 1. The van der Waals surface area contributed by atoms with Crippen molar-refractivity contribution in [3.05, 3.63) is 55.9 Å². The van der Waals surface area contributed by atoms with Crippen LogP contribution in [0.5, 0.6) is 0 Å². The molecule has 0 radical (unpaired) electrons. The van der Waals surface area contributed by atoms with E-state index >= 15 is 0 Å². The average Bonchev–Trinajstić information content (AvgIpc) is 2.97. The van der Waals surface area contributed by atoms with E-state index in [1.54, 1.807) is 18.3 Å². The second kappa shape index (κ2) is 7.23. The fraction of sp³-hybridized carbons (Fsp3) is 0.400. The van der Waals surface area contributed by atoms with Crippen molar-refractivity contribution in [3.8, 4) is 0 Å². The molecule has 142 valence electrons. The number of nitro groups is 1. The van der Waals surface area contributed by atoms with Gasteiger partial charge in [-0.15, -0.1) is 11.3 Å². The summed E-state index contributed by atoms with van der Waals surface area (Å²) < 4.78 is 0. The van der Waals surface area contributed by atoms with Gasteiger partial charge in [-0.05, 0) is 41.7 Å². The molecular formula is C20H23N3O3S. The van der Waals surface area contributed by atoms with E-state index in [2.05, 4.69) is 25.8 Å². The maximum absolute atomic E-state index is 12.1. The fourth-order valence-electron chi connectivity index (χ4n) is 3.51. The van der Waals surface area contributed by atoms with Crippen LogP contribution in [0.2, 0.25) is 0 Å². The second-order valence-corrected chi connectivity index (χ2v) is 9.05. The summed E-state index contributed by atoms with van der Waals surface area (Å²) >= 11 is 1.51. The molecule has 0 aliphatic heterocycles. The van der Waals surface area contributed by atoms with Crippen molar-refractivity contribution >= 4 is 34.1 Å². The number of hydrogen-bond acceptors (Lipinski definition) is 5. The number of benzene rings is 1. The number of nitrogens with zero attached hydrogens (tertiary/aromatic N) is 2. The third-order valence-corrected chi connectivity index (χ3v) is 6.29.